The van der Waals surface area contributed by atoms with Gasteiger partial charge in [-0.3, -0.25) is 0 Å². The van der Waals surface area contributed by atoms with Gasteiger partial charge in [0.1, 0.15) is 0 Å². The predicted molar refractivity (Wildman–Crippen MR) is 60.0 cm³/mol. The van der Waals surface area contributed by atoms with E-state index in [1.807, 2.05) is 0 Å². The Morgan fingerprint density at radius 1 is 1.12 bits per heavy atom. The van der Waals surface area contributed by atoms with E-state index in [2.05, 4.69) is 0 Å². The van der Waals surface area contributed by atoms with Gasteiger partial charge in [-0.2, -0.15) is 0 Å². The van der Waals surface area contributed by atoms with Gasteiger partial charge in [0, 0.05) is 0 Å². The lowest BCUT2D eigenvalue weighted by atomic mass is 10.0. The minimum Gasteiger partial charge on any atom is -0.872 e. The van der Waals surface area contributed by atoms with E-state index in [1.165, 1.54) is 6.07 Å². The number of hydrogen-bond acceptors (Lipinski definition) is 2. The average Bonchev–Trinajstić information content (AvgIpc) is 2.17. The SMILES string of the molecule is O.O=C(O)c1c([O-])ccc2ccccc12.[NH4+]. The molecule has 0 amide bonds. The lowest BCUT2D eigenvalue weighted by molar-refractivity contribution is -0.268. The molecule has 2 rings (SSSR count). The maximum absolute atomic E-state index is 11.3. The molecule has 0 atom stereocenters. The van der Waals surface area contributed by atoms with E-state index in [4.69, 9.17) is 5.11 Å². The van der Waals surface area contributed by atoms with Crippen molar-refractivity contribution in [2.45, 2.75) is 0 Å². The van der Waals surface area contributed by atoms with Crippen molar-refractivity contribution in [3.63, 3.8) is 0 Å². The molecule has 5 nitrogen and oxygen atoms in total. The molecule has 5 heteroatoms. The molecular formula is C11H13NO4. The summed E-state index contributed by atoms with van der Waals surface area (Å²) < 4.78 is 0. The minimum atomic E-state index is -1.17. The quantitative estimate of drug-likeness (QED) is 0.752. The van der Waals surface area contributed by atoms with Gasteiger partial charge in [-0.05, 0) is 10.8 Å². The van der Waals surface area contributed by atoms with Gasteiger partial charge in [-0.15, -0.1) is 0 Å². The monoisotopic (exact) mass is 223 g/mol. The van der Waals surface area contributed by atoms with Gasteiger partial charge < -0.3 is 21.8 Å². The molecule has 0 fully saturated rings. The summed E-state index contributed by atoms with van der Waals surface area (Å²) in [6.07, 6.45) is 0. The number of hydrogen-bond donors (Lipinski definition) is 2. The van der Waals surface area contributed by atoms with Crippen molar-refractivity contribution in [1.82, 2.24) is 6.15 Å². The van der Waals surface area contributed by atoms with Gasteiger partial charge in [0.2, 0.25) is 0 Å². The Kier molecular flexibility index (Phi) is 4.43. The number of rotatable bonds is 1. The van der Waals surface area contributed by atoms with Crippen molar-refractivity contribution >= 4 is 16.7 Å². The van der Waals surface area contributed by atoms with Crippen molar-refractivity contribution in [3.05, 3.63) is 42.0 Å². The first-order valence-corrected chi connectivity index (χ1v) is 4.12. The maximum atomic E-state index is 11.3. The number of fused-ring (bicyclic) bond motifs is 1. The van der Waals surface area contributed by atoms with Crippen LogP contribution in [0.4, 0.5) is 0 Å². The highest BCUT2D eigenvalue weighted by atomic mass is 16.4. The third-order valence-electron chi connectivity index (χ3n) is 2.10. The maximum Gasteiger partial charge on any atom is 0.335 e. The molecule has 2 aromatic carbocycles. The number of carboxylic acid groups (broad SMARTS) is 1. The van der Waals surface area contributed by atoms with Crippen LogP contribution in [0.3, 0.4) is 0 Å². The van der Waals surface area contributed by atoms with Crippen molar-refractivity contribution in [2.75, 3.05) is 0 Å². The van der Waals surface area contributed by atoms with E-state index in [0.29, 0.717) is 5.39 Å². The van der Waals surface area contributed by atoms with Gasteiger partial charge in [-0.25, -0.2) is 4.79 Å². The molecule has 0 aromatic heterocycles. The first-order valence-electron chi connectivity index (χ1n) is 4.12. The van der Waals surface area contributed by atoms with E-state index in [1.54, 1.807) is 30.3 Å². The van der Waals surface area contributed by atoms with E-state index in [0.717, 1.165) is 5.39 Å². The number of benzene rings is 2. The normalized spacial score (nSPS) is 9.00. The first kappa shape index (κ1) is 13.9. The van der Waals surface area contributed by atoms with Crippen LogP contribution in [-0.4, -0.2) is 16.6 Å². The van der Waals surface area contributed by atoms with E-state index < -0.39 is 11.7 Å². The zero-order valence-corrected chi connectivity index (χ0v) is 8.73. The summed E-state index contributed by atoms with van der Waals surface area (Å²) in [6.45, 7) is 0. The van der Waals surface area contributed by atoms with Crippen LogP contribution >= 0.6 is 0 Å². The fourth-order valence-electron chi connectivity index (χ4n) is 1.47. The van der Waals surface area contributed by atoms with Gasteiger partial charge in [0.05, 0.1) is 5.56 Å². The van der Waals surface area contributed by atoms with Crippen LogP contribution in [0.1, 0.15) is 10.4 Å². The molecule has 0 radical (unpaired) electrons. The van der Waals surface area contributed by atoms with Crippen LogP contribution in [-0.2, 0) is 0 Å². The Morgan fingerprint density at radius 2 is 1.75 bits per heavy atom. The fourth-order valence-corrected chi connectivity index (χ4v) is 1.47. The molecule has 7 N–H and O–H groups in total. The van der Waals surface area contributed by atoms with E-state index in [9.17, 15) is 9.90 Å². The number of carboxylic acids is 1. The topological polar surface area (TPSA) is 128 Å². The molecule has 0 saturated heterocycles. The highest BCUT2D eigenvalue weighted by molar-refractivity contribution is 6.05. The molecule has 0 aliphatic heterocycles. The Morgan fingerprint density at radius 3 is 2.38 bits per heavy atom. The summed E-state index contributed by atoms with van der Waals surface area (Å²) in [5.74, 6) is -1.62. The highest BCUT2D eigenvalue weighted by Gasteiger charge is 2.08. The second-order valence-corrected chi connectivity index (χ2v) is 2.96. The molecule has 2 aromatic rings. The number of quaternary nitrogens is 1. The lowest BCUT2D eigenvalue weighted by Crippen LogP contribution is -2.04. The fraction of sp³-hybridized carbons (Fsp3) is 0. The smallest absolute Gasteiger partial charge is 0.335 e. The highest BCUT2D eigenvalue weighted by Crippen LogP contribution is 2.24. The Bertz CT molecular complexity index is 510. The minimum absolute atomic E-state index is 0. The molecule has 0 spiro atoms. The van der Waals surface area contributed by atoms with E-state index >= 15 is 0 Å². The number of aromatic carboxylic acids is 1. The molecule has 0 heterocycles. The average molecular weight is 223 g/mol. The molecule has 0 aliphatic carbocycles. The Hall–Kier alpha value is -2.11. The summed E-state index contributed by atoms with van der Waals surface area (Å²) in [5, 5.41) is 21.4. The summed E-state index contributed by atoms with van der Waals surface area (Å²) in [7, 11) is 0. The van der Waals surface area contributed by atoms with Gasteiger partial charge in [-0.1, -0.05) is 42.1 Å². The molecule has 0 bridgehead atoms. The zero-order chi connectivity index (χ0) is 10.1. The van der Waals surface area contributed by atoms with Gasteiger partial charge >= 0.3 is 5.97 Å². The van der Waals surface area contributed by atoms with Crippen LogP contribution in [0.15, 0.2) is 36.4 Å². The van der Waals surface area contributed by atoms with Gasteiger partial charge in [0.15, 0.2) is 0 Å². The Balaban J connectivity index is 0.00000112. The van der Waals surface area contributed by atoms with Crippen LogP contribution < -0.4 is 11.3 Å². The molecule has 0 saturated carbocycles. The molecule has 86 valence electrons. The Labute approximate surface area is 91.8 Å². The summed E-state index contributed by atoms with van der Waals surface area (Å²) >= 11 is 0. The molecule has 0 unspecified atom stereocenters. The van der Waals surface area contributed by atoms with Crippen molar-refractivity contribution < 1.29 is 20.5 Å². The van der Waals surface area contributed by atoms with Crippen LogP contribution in [0, 0.1) is 0 Å². The van der Waals surface area contributed by atoms with Gasteiger partial charge in [0.25, 0.3) is 0 Å². The van der Waals surface area contributed by atoms with Crippen LogP contribution in [0.2, 0.25) is 0 Å². The standard InChI is InChI=1S/C11H8O3.H3N.H2O/c12-9-6-5-7-3-1-2-4-8(7)10(9)11(13)14;;/h1-6,12H,(H,13,14);1H3;1H2. The van der Waals surface area contributed by atoms with Crippen molar-refractivity contribution in [3.8, 4) is 5.75 Å². The predicted octanol–water partition coefficient (Wildman–Crippen LogP) is 1.16. The van der Waals surface area contributed by atoms with Crippen LogP contribution in [0.25, 0.3) is 10.8 Å². The summed E-state index contributed by atoms with van der Waals surface area (Å²) in [6, 6.07) is 9.85. The lowest BCUT2D eigenvalue weighted by Gasteiger charge is -2.12. The third kappa shape index (κ3) is 2.10. The van der Waals surface area contributed by atoms with Crippen molar-refractivity contribution in [1.29, 1.82) is 0 Å². The molecule has 0 aliphatic rings. The third-order valence-corrected chi connectivity index (χ3v) is 2.10. The zero-order valence-electron chi connectivity index (χ0n) is 8.73. The second kappa shape index (κ2) is 5.11. The first-order chi connectivity index (χ1) is 6.70. The molecule has 16 heavy (non-hydrogen) atoms. The summed E-state index contributed by atoms with van der Waals surface area (Å²) in [5.41, 5.74) is -0.150. The molecular weight excluding hydrogens is 210 g/mol. The summed E-state index contributed by atoms with van der Waals surface area (Å²) in [4.78, 5) is 10.8. The van der Waals surface area contributed by atoms with Crippen molar-refractivity contribution in [2.24, 2.45) is 0 Å². The van der Waals surface area contributed by atoms with Crippen LogP contribution in [0.5, 0.6) is 5.75 Å². The largest absolute Gasteiger partial charge is 0.872 e. The van der Waals surface area contributed by atoms with E-state index in [-0.39, 0.29) is 17.2 Å². The number of carbonyl (C=O) groups is 1. The second-order valence-electron chi connectivity index (χ2n) is 2.96.